The maximum atomic E-state index is 11.8. The number of aryl methyl sites for hydroxylation is 1. The highest BCUT2D eigenvalue weighted by Crippen LogP contribution is 2.32. The molecular weight excluding hydrogens is 470 g/mol. The van der Waals surface area contributed by atoms with Crippen LogP contribution in [0.2, 0.25) is 0 Å². The average molecular weight is 510 g/mol. The highest BCUT2D eigenvalue weighted by atomic mass is 32.2. The van der Waals surface area contributed by atoms with Gasteiger partial charge in [-0.3, -0.25) is 0 Å². The van der Waals surface area contributed by atoms with Gasteiger partial charge in [0.25, 0.3) is 0 Å². The molecule has 7 nitrogen and oxygen atoms in total. The number of pyridine rings is 1. The number of benzene rings is 1. The Morgan fingerprint density at radius 3 is 2.19 bits per heavy atom. The van der Waals surface area contributed by atoms with Crippen LogP contribution in [0.25, 0.3) is 22.6 Å². The predicted molar refractivity (Wildman–Crippen MR) is 145 cm³/mol. The quantitative estimate of drug-likeness (QED) is 0.492. The fraction of sp³-hybridized carbons (Fsp3) is 0.571. The van der Waals surface area contributed by atoms with Gasteiger partial charge in [-0.2, -0.15) is 0 Å². The Kier molecular flexibility index (Phi) is 7.21. The Balaban J connectivity index is 1.25. The predicted octanol–water partition coefficient (Wildman–Crippen LogP) is 4.34. The summed E-state index contributed by atoms with van der Waals surface area (Å²) in [5.41, 5.74) is 3.80. The van der Waals surface area contributed by atoms with Gasteiger partial charge in [0.05, 0.1) is 4.90 Å². The summed E-state index contributed by atoms with van der Waals surface area (Å²) in [7, 11) is -1.23. The topological polar surface area (TPSA) is 71.3 Å². The summed E-state index contributed by atoms with van der Waals surface area (Å²) >= 11 is 0. The summed E-state index contributed by atoms with van der Waals surface area (Å²) < 4.78 is 25.6. The molecule has 1 aromatic carbocycles. The van der Waals surface area contributed by atoms with Gasteiger partial charge < -0.3 is 14.4 Å². The minimum Gasteiger partial charge on any atom is -0.312 e. The third kappa shape index (κ3) is 5.36. The van der Waals surface area contributed by atoms with Gasteiger partial charge in [-0.25, -0.2) is 18.4 Å². The standard InChI is InChI=1S/C28H39N5O2S/c1-20(2)19-32-15-13-23(14-16-32)33-17-11-21(12-18-33)25-9-10-26-28(29-25)31(3)27(30-26)22-5-7-24(8-6-22)36(4,34)35/h5-10,20-21,23H,11-19H2,1-4H3. The summed E-state index contributed by atoms with van der Waals surface area (Å²) in [4.78, 5) is 15.5. The van der Waals surface area contributed by atoms with Crippen molar-refractivity contribution < 1.29 is 8.42 Å². The Morgan fingerprint density at radius 2 is 1.58 bits per heavy atom. The van der Waals surface area contributed by atoms with Crippen molar-refractivity contribution in [2.75, 3.05) is 39.0 Å². The molecule has 5 rings (SSSR count). The van der Waals surface area contributed by atoms with Crippen LogP contribution >= 0.6 is 0 Å². The van der Waals surface area contributed by atoms with E-state index in [1.165, 1.54) is 38.7 Å². The first-order valence-electron chi connectivity index (χ1n) is 13.3. The second kappa shape index (κ2) is 10.2. The van der Waals surface area contributed by atoms with Gasteiger partial charge >= 0.3 is 0 Å². The fourth-order valence-electron chi connectivity index (χ4n) is 5.96. The number of rotatable bonds is 6. The summed E-state index contributed by atoms with van der Waals surface area (Å²) in [6, 6.07) is 11.9. The van der Waals surface area contributed by atoms with Crippen molar-refractivity contribution in [2.45, 2.75) is 56.4 Å². The zero-order valence-corrected chi connectivity index (χ0v) is 22.8. The molecule has 36 heavy (non-hydrogen) atoms. The molecule has 0 amide bonds. The van der Waals surface area contributed by atoms with Crippen LogP contribution < -0.4 is 0 Å². The second-order valence-corrected chi connectivity index (χ2v) is 13.1. The van der Waals surface area contributed by atoms with Crippen molar-refractivity contribution in [2.24, 2.45) is 13.0 Å². The number of fused-ring (bicyclic) bond motifs is 1. The Hall–Kier alpha value is -2.29. The minimum absolute atomic E-state index is 0.317. The maximum Gasteiger partial charge on any atom is 0.175 e. The van der Waals surface area contributed by atoms with Crippen LogP contribution in [0.4, 0.5) is 0 Å². The summed E-state index contributed by atoms with van der Waals surface area (Å²) in [5.74, 6) is 2.03. The SMILES string of the molecule is CC(C)CN1CCC(N2CCC(c3ccc4nc(-c5ccc(S(C)(=O)=O)cc5)n(C)c4n3)CC2)CC1. The average Bonchev–Trinajstić information content (AvgIpc) is 3.19. The molecule has 0 bridgehead atoms. The highest BCUT2D eigenvalue weighted by molar-refractivity contribution is 7.90. The van der Waals surface area contributed by atoms with Gasteiger partial charge in [0.2, 0.25) is 0 Å². The number of sulfone groups is 1. The van der Waals surface area contributed by atoms with Crippen LogP contribution in [0.5, 0.6) is 0 Å². The summed E-state index contributed by atoms with van der Waals surface area (Å²) in [5, 5.41) is 0. The summed E-state index contributed by atoms with van der Waals surface area (Å²) in [6.45, 7) is 10.6. The molecule has 0 radical (unpaired) electrons. The molecule has 0 saturated carbocycles. The largest absolute Gasteiger partial charge is 0.312 e. The molecule has 3 aromatic rings. The maximum absolute atomic E-state index is 11.8. The van der Waals surface area contributed by atoms with Crippen molar-refractivity contribution in [1.29, 1.82) is 0 Å². The third-order valence-electron chi connectivity index (χ3n) is 7.92. The van der Waals surface area contributed by atoms with Gasteiger partial charge in [-0.1, -0.05) is 13.8 Å². The van der Waals surface area contributed by atoms with Crippen molar-refractivity contribution in [3.8, 4) is 11.4 Å². The highest BCUT2D eigenvalue weighted by Gasteiger charge is 2.29. The zero-order chi connectivity index (χ0) is 25.4. The molecule has 0 spiro atoms. The van der Waals surface area contributed by atoms with E-state index in [1.807, 2.05) is 23.7 Å². The lowest BCUT2D eigenvalue weighted by molar-refractivity contribution is 0.0825. The van der Waals surface area contributed by atoms with Crippen LogP contribution in [-0.4, -0.2) is 77.8 Å². The van der Waals surface area contributed by atoms with Crippen molar-refractivity contribution in [3.05, 3.63) is 42.1 Å². The second-order valence-electron chi connectivity index (χ2n) is 11.1. The lowest BCUT2D eigenvalue weighted by Gasteiger charge is -2.42. The van der Waals surface area contributed by atoms with E-state index in [4.69, 9.17) is 9.97 Å². The van der Waals surface area contributed by atoms with Gasteiger partial charge in [-0.15, -0.1) is 0 Å². The van der Waals surface area contributed by atoms with Gasteiger partial charge in [0.1, 0.15) is 11.3 Å². The monoisotopic (exact) mass is 509 g/mol. The number of nitrogens with zero attached hydrogens (tertiary/aromatic N) is 5. The molecular formula is C28H39N5O2S. The number of imidazole rings is 1. The van der Waals surface area contributed by atoms with Gasteiger partial charge in [-0.05, 0) is 94.2 Å². The molecule has 0 N–H and O–H groups in total. The van der Waals surface area contributed by atoms with E-state index in [1.54, 1.807) is 12.1 Å². The van der Waals surface area contributed by atoms with Crippen molar-refractivity contribution in [1.82, 2.24) is 24.3 Å². The zero-order valence-electron chi connectivity index (χ0n) is 22.0. The molecule has 0 atom stereocenters. The molecule has 2 aliphatic heterocycles. The van der Waals surface area contributed by atoms with E-state index in [-0.39, 0.29) is 0 Å². The van der Waals surface area contributed by atoms with Crippen molar-refractivity contribution >= 4 is 21.0 Å². The van der Waals surface area contributed by atoms with Gasteiger partial charge in [0, 0.05) is 43.1 Å². The number of hydrogen-bond acceptors (Lipinski definition) is 6. The molecule has 2 fully saturated rings. The number of likely N-dealkylation sites (tertiary alicyclic amines) is 2. The smallest absolute Gasteiger partial charge is 0.175 e. The van der Waals surface area contributed by atoms with E-state index in [0.717, 1.165) is 66.1 Å². The van der Waals surface area contributed by atoms with E-state index in [9.17, 15) is 8.42 Å². The minimum atomic E-state index is -3.22. The van der Waals surface area contributed by atoms with E-state index < -0.39 is 9.84 Å². The van der Waals surface area contributed by atoms with Gasteiger partial charge in [0.15, 0.2) is 15.5 Å². The third-order valence-corrected chi connectivity index (χ3v) is 9.05. The Labute approximate surface area is 215 Å². The number of aromatic nitrogens is 3. The van der Waals surface area contributed by atoms with E-state index in [2.05, 4.69) is 35.8 Å². The first-order valence-corrected chi connectivity index (χ1v) is 15.2. The molecule has 8 heteroatoms. The van der Waals surface area contributed by atoms with Crippen LogP contribution in [0.1, 0.15) is 51.1 Å². The number of piperidine rings is 2. The Morgan fingerprint density at radius 1 is 0.917 bits per heavy atom. The lowest BCUT2D eigenvalue weighted by atomic mass is 9.90. The van der Waals surface area contributed by atoms with Crippen molar-refractivity contribution in [3.63, 3.8) is 0 Å². The number of hydrogen-bond donors (Lipinski definition) is 0. The van der Waals surface area contributed by atoms with Crippen LogP contribution in [0.15, 0.2) is 41.3 Å². The molecule has 4 heterocycles. The Bertz CT molecular complexity index is 1300. The lowest BCUT2D eigenvalue weighted by Crippen LogP contribution is -2.48. The molecule has 2 aliphatic rings. The van der Waals surface area contributed by atoms with Crippen LogP contribution in [0, 0.1) is 5.92 Å². The first kappa shape index (κ1) is 25.4. The molecule has 2 saturated heterocycles. The molecule has 194 valence electrons. The van der Waals surface area contributed by atoms with Crippen LogP contribution in [0.3, 0.4) is 0 Å². The molecule has 0 unspecified atom stereocenters. The fourth-order valence-corrected chi connectivity index (χ4v) is 6.59. The summed E-state index contributed by atoms with van der Waals surface area (Å²) in [6.07, 6.45) is 6.13. The van der Waals surface area contributed by atoms with E-state index >= 15 is 0 Å². The van der Waals surface area contributed by atoms with E-state index in [0.29, 0.717) is 10.8 Å². The van der Waals surface area contributed by atoms with Crippen LogP contribution in [-0.2, 0) is 16.9 Å². The molecule has 0 aliphatic carbocycles. The molecule has 2 aromatic heterocycles. The first-order chi connectivity index (χ1) is 17.2. The normalized spacial score (nSPS) is 19.5.